The third kappa shape index (κ3) is 12.3. The van der Waals surface area contributed by atoms with E-state index in [1.807, 2.05) is 0 Å². The standard InChI is InChI=1S/C39H66N2O29/c1-9-19(48)24(53)29(58)38(62-9)69-32-18(41-11(3)46)34(59)63-15(6-44)31(32)68-35-17(40-10(2)45)23(52)30(14(5-43)65-35)67-39-33(70-37-27(56)20(49)12(47)7-60-37)26(55)22(51)16(66-39)8-61-36-28(57)25(54)21(50)13(4-42)64-36/h9,12-39,42-44,47-59H,4-8H2,1-3H3,(H,40,45)(H,41,46)/t9-,12+,13+,14+,15+,16+,17+,18+,19+,20+,21+,22+,23+,24+,25-,26-,27-,28-,29-,30+,31+,32+,33-,34?,35-,36-,37+,38-,39-/m0/s1. The third-order valence-electron chi connectivity index (χ3n) is 12.8. The molecule has 0 aliphatic carbocycles. The lowest BCUT2D eigenvalue weighted by Gasteiger charge is -2.51. The van der Waals surface area contributed by atoms with Gasteiger partial charge in [-0.05, 0) is 6.92 Å². The van der Waals surface area contributed by atoms with Gasteiger partial charge in [-0.25, -0.2) is 0 Å². The molecule has 6 rings (SSSR count). The molecule has 0 aromatic carbocycles. The van der Waals surface area contributed by atoms with Crippen LogP contribution in [0.1, 0.15) is 20.8 Å². The van der Waals surface area contributed by atoms with Crippen molar-refractivity contribution in [2.45, 2.75) is 199 Å². The van der Waals surface area contributed by atoms with E-state index in [2.05, 4.69) is 10.6 Å². The highest BCUT2D eigenvalue weighted by Gasteiger charge is 2.57. The van der Waals surface area contributed by atoms with Crippen molar-refractivity contribution in [3.8, 4) is 0 Å². The number of aliphatic hydroxyl groups is 16. The van der Waals surface area contributed by atoms with E-state index >= 15 is 0 Å². The molecule has 6 aliphatic rings. The summed E-state index contributed by atoms with van der Waals surface area (Å²) in [6, 6.07) is -3.40. The van der Waals surface area contributed by atoms with Gasteiger partial charge in [0, 0.05) is 13.8 Å². The Bertz CT molecular complexity index is 1680. The van der Waals surface area contributed by atoms with Crippen molar-refractivity contribution in [3.63, 3.8) is 0 Å². The molecule has 0 aromatic heterocycles. The molecular weight excluding hydrogens is 960 g/mol. The van der Waals surface area contributed by atoms with Crippen LogP contribution in [-0.2, 0) is 61.7 Å². The summed E-state index contributed by atoms with van der Waals surface area (Å²) in [5.74, 6) is -1.60. The Morgan fingerprint density at radius 3 is 1.59 bits per heavy atom. The highest BCUT2D eigenvalue weighted by Crippen LogP contribution is 2.36. The maximum Gasteiger partial charge on any atom is 0.217 e. The van der Waals surface area contributed by atoms with Crippen molar-refractivity contribution in [3.05, 3.63) is 0 Å². The monoisotopic (exact) mass is 1030 g/mol. The number of rotatable bonds is 16. The second-order valence-electron chi connectivity index (χ2n) is 17.8. The van der Waals surface area contributed by atoms with Crippen LogP contribution in [0.15, 0.2) is 0 Å². The molecule has 70 heavy (non-hydrogen) atoms. The molecule has 29 atom stereocenters. The number of hydrogen-bond donors (Lipinski definition) is 18. The SMILES string of the molecule is CC(=O)N[C@H]1[C@H](O[C@H]2[C@H](O[C@@H]3O[C@@H](C)[C@@H](O)[C@@H](O)[C@@H]3O)[C@@H](NC(C)=O)C(O)O[C@@H]2CO)O[C@H](CO)[C@@H](O[C@@H]2O[C@H](CO[C@H]3O[C@H](CO)[C@@H](O)[C@H](O)[C@@H]3O)[C@@H](O)[C@H](O)[C@@H]2O[C@H]2OC[C@@H](O)[C@@H](O)[C@@H]2O)[C@@H]1O. The van der Waals surface area contributed by atoms with Gasteiger partial charge in [-0.3, -0.25) is 9.59 Å². The van der Waals surface area contributed by atoms with E-state index in [1.165, 1.54) is 6.92 Å². The second kappa shape index (κ2) is 24.5. The van der Waals surface area contributed by atoms with E-state index in [9.17, 15) is 91.3 Å². The van der Waals surface area contributed by atoms with Gasteiger partial charge in [-0.1, -0.05) is 0 Å². The maximum absolute atomic E-state index is 12.8. The highest BCUT2D eigenvalue weighted by atomic mass is 16.8. The van der Waals surface area contributed by atoms with E-state index in [4.69, 9.17) is 52.1 Å². The normalized spacial score (nSPS) is 50.3. The van der Waals surface area contributed by atoms with E-state index in [0.29, 0.717) is 0 Å². The van der Waals surface area contributed by atoms with E-state index in [1.54, 1.807) is 0 Å². The zero-order chi connectivity index (χ0) is 51.6. The van der Waals surface area contributed by atoms with Crippen LogP contribution in [0.25, 0.3) is 0 Å². The first-order valence-electron chi connectivity index (χ1n) is 22.4. The van der Waals surface area contributed by atoms with E-state index in [0.717, 1.165) is 13.8 Å². The molecule has 0 bridgehead atoms. The van der Waals surface area contributed by atoms with Gasteiger partial charge in [-0.15, -0.1) is 0 Å². The molecule has 18 N–H and O–H groups in total. The molecule has 6 heterocycles. The summed E-state index contributed by atoms with van der Waals surface area (Å²) in [4.78, 5) is 25.2. The Morgan fingerprint density at radius 2 is 0.957 bits per heavy atom. The molecule has 6 saturated heterocycles. The lowest BCUT2D eigenvalue weighted by Crippen LogP contribution is -2.71. The fourth-order valence-corrected chi connectivity index (χ4v) is 8.86. The fraction of sp³-hybridized carbons (Fsp3) is 0.949. The number of carbonyl (C=O) groups excluding carboxylic acids is 2. The van der Waals surface area contributed by atoms with Crippen LogP contribution in [-0.4, -0.2) is 305 Å². The summed E-state index contributed by atoms with van der Waals surface area (Å²) in [5, 5.41) is 175. The minimum absolute atomic E-state index is 0.601. The summed E-state index contributed by atoms with van der Waals surface area (Å²) >= 11 is 0. The number of hydrogen-bond acceptors (Lipinski definition) is 29. The maximum atomic E-state index is 12.8. The van der Waals surface area contributed by atoms with Crippen molar-refractivity contribution < 1.29 is 143 Å². The Kier molecular flexibility index (Phi) is 20.0. The first-order valence-corrected chi connectivity index (χ1v) is 22.4. The minimum atomic E-state index is -2.14. The van der Waals surface area contributed by atoms with Crippen LogP contribution in [0.4, 0.5) is 0 Å². The largest absolute Gasteiger partial charge is 0.394 e. The lowest BCUT2D eigenvalue weighted by molar-refractivity contribution is -0.389. The number of nitrogens with one attached hydrogen (secondary N) is 2. The van der Waals surface area contributed by atoms with E-state index in [-0.39, 0.29) is 0 Å². The quantitative estimate of drug-likeness (QED) is 0.0682. The predicted molar refractivity (Wildman–Crippen MR) is 215 cm³/mol. The average Bonchev–Trinajstić information content (AvgIpc) is 3.32. The van der Waals surface area contributed by atoms with Crippen molar-refractivity contribution in [1.29, 1.82) is 0 Å². The Labute approximate surface area is 397 Å². The number of ether oxygens (including phenoxy) is 11. The van der Waals surface area contributed by atoms with Gasteiger partial charge < -0.3 is 144 Å². The van der Waals surface area contributed by atoms with Crippen molar-refractivity contribution >= 4 is 11.8 Å². The van der Waals surface area contributed by atoms with Gasteiger partial charge in [0.05, 0.1) is 39.1 Å². The Hall–Kier alpha value is -2.14. The fourth-order valence-electron chi connectivity index (χ4n) is 8.86. The van der Waals surface area contributed by atoms with Gasteiger partial charge in [0.2, 0.25) is 11.8 Å². The van der Waals surface area contributed by atoms with Crippen molar-refractivity contribution in [2.75, 3.05) is 33.0 Å². The average molecular weight is 1030 g/mol. The molecule has 31 heteroatoms. The molecular formula is C39H66N2O29. The van der Waals surface area contributed by atoms with Gasteiger partial charge in [-0.2, -0.15) is 0 Å². The van der Waals surface area contributed by atoms with Gasteiger partial charge in [0.15, 0.2) is 37.7 Å². The van der Waals surface area contributed by atoms with Gasteiger partial charge in [0.1, 0.15) is 134 Å². The second-order valence-corrected chi connectivity index (χ2v) is 17.8. The number of aliphatic hydroxyl groups excluding tert-OH is 16. The van der Waals surface area contributed by atoms with Crippen LogP contribution in [0.3, 0.4) is 0 Å². The molecule has 0 aromatic rings. The number of carbonyl (C=O) groups is 2. The van der Waals surface area contributed by atoms with Crippen molar-refractivity contribution in [1.82, 2.24) is 10.6 Å². The van der Waals surface area contributed by atoms with E-state index < -0.39 is 223 Å². The number of amides is 2. The third-order valence-corrected chi connectivity index (χ3v) is 12.8. The van der Waals surface area contributed by atoms with Crippen LogP contribution in [0, 0.1) is 0 Å². The molecule has 2 amide bonds. The Balaban J connectivity index is 1.29. The van der Waals surface area contributed by atoms with Crippen LogP contribution < -0.4 is 10.6 Å². The smallest absolute Gasteiger partial charge is 0.217 e. The summed E-state index contributed by atoms with van der Waals surface area (Å²) in [5.41, 5.74) is 0. The topological polar surface area (TPSA) is 483 Å². The minimum Gasteiger partial charge on any atom is -0.394 e. The summed E-state index contributed by atoms with van der Waals surface area (Å²) in [7, 11) is 0. The lowest BCUT2D eigenvalue weighted by atomic mass is 9.93. The molecule has 1 unspecified atom stereocenters. The zero-order valence-electron chi connectivity index (χ0n) is 37.7. The molecule has 31 nitrogen and oxygen atoms in total. The summed E-state index contributed by atoms with van der Waals surface area (Å²) in [6.07, 6.45) is -49.1. The molecule has 0 saturated carbocycles. The van der Waals surface area contributed by atoms with Gasteiger partial charge in [0.25, 0.3) is 0 Å². The van der Waals surface area contributed by atoms with Crippen LogP contribution in [0.2, 0.25) is 0 Å². The predicted octanol–water partition coefficient (Wildman–Crippen LogP) is -12.1. The van der Waals surface area contributed by atoms with Crippen LogP contribution >= 0.6 is 0 Å². The summed E-state index contributed by atoms with van der Waals surface area (Å²) < 4.78 is 63.5. The molecule has 406 valence electrons. The molecule has 6 fully saturated rings. The first kappa shape index (κ1) is 57.1. The van der Waals surface area contributed by atoms with Gasteiger partial charge >= 0.3 is 0 Å². The van der Waals surface area contributed by atoms with Crippen LogP contribution in [0.5, 0.6) is 0 Å². The Morgan fingerprint density at radius 1 is 0.457 bits per heavy atom. The first-order chi connectivity index (χ1) is 33.0. The van der Waals surface area contributed by atoms with Crippen molar-refractivity contribution in [2.24, 2.45) is 0 Å². The molecule has 0 radical (unpaired) electrons. The highest BCUT2D eigenvalue weighted by molar-refractivity contribution is 5.73. The molecule has 0 spiro atoms. The molecule has 6 aliphatic heterocycles. The summed E-state index contributed by atoms with van der Waals surface area (Å²) in [6.45, 7) is -0.861. The zero-order valence-corrected chi connectivity index (χ0v) is 37.7.